The fourth-order valence-corrected chi connectivity index (χ4v) is 14.6. The molecule has 13 aromatic carbocycles. The van der Waals surface area contributed by atoms with Gasteiger partial charge in [-0.25, -0.2) is 0 Å². The van der Waals surface area contributed by atoms with Gasteiger partial charge < -0.3 is 14.4 Å². The molecule has 0 aliphatic carbocycles. The summed E-state index contributed by atoms with van der Waals surface area (Å²) in [5.74, 6) is 0. The van der Waals surface area contributed by atoms with Crippen molar-refractivity contribution < 1.29 is 0 Å². The van der Waals surface area contributed by atoms with Gasteiger partial charge in [-0.1, -0.05) is 271 Å². The molecular weight excluding hydrogens is 1230 g/mol. The Hall–Kier alpha value is -10.9. The minimum atomic E-state index is 0.0591. The Morgan fingerprint density at radius 1 is 0.260 bits per heavy atom. The molecule has 0 fully saturated rings. The van der Waals surface area contributed by atoms with E-state index in [1.165, 1.54) is 89.3 Å². The zero-order chi connectivity index (χ0) is 69.2. The molecule has 0 unspecified atom stereocenters. The SMILES string of the molecule is CC(C)(C)c1ccc(-c2ccc(-c3ccc4c(c3)c3cc(-c5ccc(-c6ccc(C(C)(C)C)cc6)cc5)ccc3n4-c3ccc(-c4ccc(N(c5ccccc5)c5ccc(-c6ccc(N(c7ccc(C(C)(C)C)cc7)c7ccc(C(C)(C)C)cc7)cc6)cc5)c5nsnc45)cc3)cc2)cc1. The fourth-order valence-electron chi connectivity index (χ4n) is 14.0. The van der Waals surface area contributed by atoms with Gasteiger partial charge >= 0.3 is 0 Å². The molecular formula is C94H85N5S. The molecule has 2 aromatic heterocycles. The van der Waals surface area contributed by atoms with Crippen molar-refractivity contribution in [3.8, 4) is 72.4 Å². The Labute approximate surface area is 594 Å². The van der Waals surface area contributed by atoms with Crippen LogP contribution in [0.4, 0.5) is 34.1 Å². The molecule has 5 nitrogen and oxygen atoms in total. The summed E-state index contributed by atoms with van der Waals surface area (Å²) in [7, 11) is 0. The van der Waals surface area contributed by atoms with Gasteiger partial charge in [0.2, 0.25) is 0 Å². The van der Waals surface area contributed by atoms with Crippen LogP contribution >= 0.6 is 11.7 Å². The van der Waals surface area contributed by atoms with Crippen molar-refractivity contribution >= 4 is 78.7 Å². The summed E-state index contributed by atoms with van der Waals surface area (Å²) in [6.07, 6.45) is 0. The highest BCUT2D eigenvalue weighted by Crippen LogP contribution is 2.45. The van der Waals surface area contributed by atoms with Gasteiger partial charge in [0.1, 0.15) is 11.0 Å². The summed E-state index contributed by atoms with van der Waals surface area (Å²) in [5, 5.41) is 2.40. The van der Waals surface area contributed by atoms with Crippen LogP contribution in [-0.2, 0) is 21.7 Å². The molecule has 0 radical (unpaired) electrons. The first-order chi connectivity index (χ1) is 48.1. The number of nitrogens with zero attached hydrogens (tertiary/aromatic N) is 5. The zero-order valence-corrected chi connectivity index (χ0v) is 60.3. The van der Waals surface area contributed by atoms with Gasteiger partial charge in [-0.15, -0.1) is 0 Å². The van der Waals surface area contributed by atoms with Crippen molar-refractivity contribution in [2.45, 2.75) is 105 Å². The summed E-state index contributed by atoms with van der Waals surface area (Å²) < 4.78 is 12.5. The molecule has 6 heteroatoms. The van der Waals surface area contributed by atoms with E-state index < -0.39 is 0 Å². The molecule has 0 N–H and O–H groups in total. The normalized spacial score (nSPS) is 12.2. The summed E-state index contributed by atoms with van der Waals surface area (Å²) in [4.78, 5) is 4.66. The summed E-state index contributed by atoms with van der Waals surface area (Å²) in [6.45, 7) is 27.2. The number of aromatic nitrogens is 3. The molecule has 0 atom stereocenters. The van der Waals surface area contributed by atoms with Crippen LogP contribution in [0.2, 0.25) is 0 Å². The highest BCUT2D eigenvalue weighted by molar-refractivity contribution is 7.00. The van der Waals surface area contributed by atoms with Crippen LogP contribution < -0.4 is 9.80 Å². The second-order valence-corrected chi connectivity index (χ2v) is 31.5. The van der Waals surface area contributed by atoms with Crippen molar-refractivity contribution in [3.05, 3.63) is 320 Å². The Morgan fingerprint density at radius 2 is 0.550 bits per heavy atom. The molecule has 0 bridgehead atoms. The number of para-hydroxylation sites is 1. The first-order valence-electron chi connectivity index (χ1n) is 35.0. The van der Waals surface area contributed by atoms with E-state index in [9.17, 15) is 0 Å². The van der Waals surface area contributed by atoms with E-state index in [-0.39, 0.29) is 21.7 Å². The fraction of sp³-hybridized carbons (Fsp3) is 0.170. The van der Waals surface area contributed by atoms with E-state index in [2.05, 4.69) is 395 Å². The molecule has 0 aliphatic rings. The predicted molar refractivity (Wildman–Crippen MR) is 429 cm³/mol. The molecule has 2 heterocycles. The highest BCUT2D eigenvalue weighted by atomic mass is 32.1. The minimum absolute atomic E-state index is 0.0591. The van der Waals surface area contributed by atoms with Crippen LogP contribution in [0.1, 0.15) is 105 Å². The Balaban J connectivity index is 0.740. The second kappa shape index (κ2) is 25.7. The Bertz CT molecular complexity index is 5190. The smallest absolute Gasteiger partial charge is 0.129 e. The third-order valence-electron chi connectivity index (χ3n) is 20.0. The quantitative estimate of drug-likeness (QED) is 0.115. The lowest BCUT2D eigenvalue weighted by Crippen LogP contribution is -2.14. The van der Waals surface area contributed by atoms with Crippen LogP contribution in [-0.4, -0.2) is 13.3 Å². The molecule has 100 heavy (non-hydrogen) atoms. The molecule has 0 aliphatic heterocycles. The molecule has 492 valence electrons. The number of hydrogen-bond acceptors (Lipinski definition) is 5. The van der Waals surface area contributed by atoms with Crippen molar-refractivity contribution in [3.63, 3.8) is 0 Å². The van der Waals surface area contributed by atoms with Crippen molar-refractivity contribution in [1.29, 1.82) is 0 Å². The second-order valence-electron chi connectivity index (χ2n) is 30.9. The van der Waals surface area contributed by atoms with Crippen molar-refractivity contribution in [1.82, 2.24) is 13.3 Å². The van der Waals surface area contributed by atoms with E-state index in [4.69, 9.17) is 8.75 Å². The van der Waals surface area contributed by atoms with Crippen LogP contribution in [0.5, 0.6) is 0 Å². The van der Waals surface area contributed by atoms with E-state index >= 15 is 0 Å². The highest BCUT2D eigenvalue weighted by Gasteiger charge is 2.24. The van der Waals surface area contributed by atoms with Gasteiger partial charge in [0.15, 0.2) is 0 Å². The van der Waals surface area contributed by atoms with Crippen LogP contribution in [0, 0.1) is 0 Å². The molecule has 0 amide bonds. The Morgan fingerprint density at radius 3 is 0.930 bits per heavy atom. The number of anilines is 6. The molecule has 0 saturated carbocycles. The maximum atomic E-state index is 5.06. The average molecular weight is 1320 g/mol. The average Bonchev–Trinajstić information content (AvgIpc) is 1.56. The standard InChI is InChI=1S/C94H85N5S/c1-91(2,3)73-38-26-64(27-39-73)62-18-22-68(23-19-62)71-36-57-86-84(60-71)85-61-72(69-24-20-63(21-25-69)65-28-40-74(41-29-65)92(4,5)6)37-58-87(85)99(86)82-50-34-70(35-51-82)83-56-59-88(90-89(83)95-100-96-90)98(77-16-14-13-15-17-77)81-48-32-67(33-49-81)66-30-46-78(47-31-66)97(79-52-42-75(43-53-79)93(7,8)9)80-54-44-76(45-55-80)94(10,11)12/h13-61H,1-12H3. The monoisotopic (exact) mass is 1320 g/mol. The minimum Gasteiger partial charge on any atom is -0.311 e. The lowest BCUT2D eigenvalue weighted by Gasteiger charge is -2.28. The van der Waals surface area contributed by atoms with E-state index in [1.54, 1.807) is 0 Å². The number of rotatable bonds is 13. The first kappa shape index (κ1) is 65.0. The Kier molecular flexibility index (Phi) is 16.7. The lowest BCUT2D eigenvalue weighted by atomic mass is 9.86. The van der Waals surface area contributed by atoms with Gasteiger partial charge in [0.05, 0.1) is 28.4 Å². The maximum Gasteiger partial charge on any atom is 0.129 e. The molecule has 15 rings (SSSR count). The van der Waals surface area contributed by atoms with E-state index in [0.717, 1.165) is 84.1 Å². The van der Waals surface area contributed by atoms with Gasteiger partial charge in [0, 0.05) is 50.5 Å². The van der Waals surface area contributed by atoms with Gasteiger partial charge in [-0.2, -0.15) is 8.75 Å². The van der Waals surface area contributed by atoms with Gasteiger partial charge in [-0.05, 0) is 214 Å². The molecule has 0 saturated heterocycles. The van der Waals surface area contributed by atoms with Gasteiger partial charge in [-0.3, -0.25) is 0 Å². The van der Waals surface area contributed by atoms with E-state index in [0.29, 0.717) is 0 Å². The zero-order valence-electron chi connectivity index (χ0n) is 59.4. The molecule has 15 aromatic rings. The number of fused-ring (bicyclic) bond motifs is 4. The molecule has 0 spiro atoms. The van der Waals surface area contributed by atoms with Crippen LogP contribution in [0.25, 0.3) is 105 Å². The van der Waals surface area contributed by atoms with Gasteiger partial charge in [0.25, 0.3) is 0 Å². The summed E-state index contributed by atoms with van der Waals surface area (Å²) in [5.41, 5.74) is 31.0. The predicted octanol–water partition coefficient (Wildman–Crippen LogP) is 26.9. The third kappa shape index (κ3) is 12.9. The number of benzene rings is 13. The maximum absolute atomic E-state index is 5.06. The summed E-state index contributed by atoms with van der Waals surface area (Å²) >= 11 is 1.26. The summed E-state index contributed by atoms with van der Waals surface area (Å²) in [6, 6.07) is 110. The van der Waals surface area contributed by atoms with Crippen molar-refractivity contribution in [2.75, 3.05) is 9.80 Å². The number of hydrogen-bond donors (Lipinski definition) is 0. The lowest BCUT2D eigenvalue weighted by molar-refractivity contribution is 0.590. The van der Waals surface area contributed by atoms with Crippen LogP contribution in [0.3, 0.4) is 0 Å². The topological polar surface area (TPSA) is 37.2 Å². The van der Waals surface area contributed by atoms with Crippen LogP contribution in [0.15, 0.2) is 297 Å². The van der Waals surface area contributed by atoms with Crippen molar-refractivity contribution in [2.24, 2.45) is 0 Å². The third-order valence-corrected chi connectivity index (χ3v) is 20.6. The van der Waals surface area contributed by atoms with E-state index in [1.807, 2.05) is 0 Å². The first-order valence-corrected chi connectivity index (χ1v) is 35.7. The largest absolute Gasteiger partial charge is 0.311 e.